The van der Waals surface area contributed by atoms with E-state index < -0.39 is 50.8 Å². The van der Waals surface area contributed by atoms with Crippen molar-refractivity contribution in [2.75, 3.05) is 11.0 Å². The summed E-state index contributed by atoms with van der Waals surface area (Å²) in [4.78, 5) is 3.15. The van der Waals surface area contributed by atoms with Gasteiger partial charge < -0.3 is 4.74 Å². The number of rotatable bonds is 4. The topological polar surface area (TPSA) is 68.3 Å². The van der Waals surface area contributed by atoms with E-state index >= 15 is 0 Å². The molecule has 1 aromatic heterocycles. The van der Waals surface area contributed by atoms with Gasteiger partial charge in [0, 0.05) is 6.07 Å². The third kappa shape index (κ3) is 4.54. The largest absolute Gasteiger partial charge is 0.434 e. The number of nitrogens with one attached hydrogen (secondary N) is 1. The summed E-state index contributed by atoms with van der Waals surface area (Å²) >= 11 is 0. The summed E-state index contributed by atoms with van der Waals surface area (Å²) in [5.74, 6) is -3.58. The number of benzene rings is 1. The average Bonchev–Trinajstić information content (AvgIpc) is 2.40. The van der Waals surface area contributed by atoms with E-state index in [1.165, 1.54) is 0 Å². The molecule has 0 saturated carbocycles. The van der Waals surface area contributed by atoms with Crippen LogP contribution in [0.5, 0.6) is 11.6 Å². The molecule has 0 unspecified atom stereocenters. The number of ether oxygens (including phenoxy) is 1. The van der Waals surface area contributed by atoms with E-state index in [2.05, 4.69) is 4.98 Å². The van der Waals surface area contributed by atoms with Crippen LogP contribution in [-0.4, -0.2) is 19.7 Å². The first-order chi connectivity index (χ1) is 11.0. The van der Waals surface area contributed by atoms with Gasteiger partial charge >= 0.3 is 6.18 Å². The molecule has 0 saturated heterocycles. The highest BCUT2D eigenvalue weighted by Crippen LogP contribution is 2.35. The molecular formula is C13H9F5N2O3S. The number of alkyl halides is 3. The SMILES string of the molecule is CS(=O)(=O)Nc1ccc(C(F)(F)F)nc1Oc1ccc(F)cc1F. The van der Waals surface area contributed by atoms with Crippen LogP contribution in [0.4, 0.5) is 27.6 Å². The minimum atomic E-state index is -4.83. The van der Waals surface area contributed by atoms with Gasteiger partial charge in [-0.2, -0.15) is 13.2 Å². The van der Waals surface area contributed by atoms with Gasteiger partial charge in [0.15, 0.2) is 11.6 Å². The molecule has 2 aromatic rings. The Hall–Kier alpha value is -2.43. The Morgan fingerprint density at radius 1 is 1.12 bits per heavy atom. The second-order valence-corrected chi connectivity index (χ2v) is 6.35. The normalized spacial score (nSPS) is 12.1. The van der Waals surface area contributed by atoms with E-state index in [0.29, 0.717) is 12.1 Å². The lowest BCUT2D eigenvalue weighted by atomic mass is 10.3. The molecular weight excluding hydrogens is 359 g/mol. The first-order valence-corrected chi connectivity index (χ1v) is 8.04. The standard InChI is InChI=1S/C13H9F5N2O3S/c1-24(21,22)20-9-3-5-11(13(16,17)18)19-12(9)23-10-4-2-7(14)6-8(10)15/h2-6,20H,1H3. The maximum atomic E-state index is 13.6. The van der Waals surface area contributed by atoms with Crippen LogP contribution in [-0.2, 0) is 16.2 Å². The van der Waals surface area contributed by atoms with Crippen LogP contribution in [0.15, 0.2) is 30.3 Å². The molecule has 0 aliphatic heterocycles. The van der Waals surface area contributed by atoms with Crippen LogP contribution in [0.3, 0.4) is 0 Å². The molecule has 1 N–H and O–H groups in total. The summed E-state index contributed by atoms with van der Waals surface area (Å²) in [6, 6.07) is 3.40. The number of nitrogens with zero attached hydrogens (tertiary/aromatic N) is 1. The Bertz CT molecular complexity index is 868. The summed E-state index contributed by atoms with van der Waals surface area (Å²) in [5.41, 5.74) is -1.81. The highest BCUT2D eigenvalue weighted by Gasteiger charge is 2.33. The molecule has 0 atom stereocenters. The average molecular weight is 368 g/mol. The highest BCUT2D eigenvalue weighted by molar-refractivity contribution is 7.92. The molecule has 11 heteroatoms. The highest BCUT2D eigenvalue weighted by atomic mass is 32.2. The van der Waals surface area contributed by atoms with Gasteiger partial charge in [-0.3, -0.25) is 4.72 Å². The Labute approximate surface area is 133 Å². The van der Waals surface area contributed by atoms with Gasteiger partial charge in [-0.1, -0.05) is 0 Å². The molecule has 24 heavy (non-hydrogen) atoms. The third-order valence-electron chi connectivity index (χ3n) is 2.55. The molecule has 0 amide bonds. The lowest BCUT2D eigenvalue weighted by Gasteiger charge is -2.14. The fourth-order valence-corrected chi connectivity index (χ4v) is 2.17. The van der Waals surface area contributed by atoms with Crippen LogP contribution < -0.4 is 9.46 Å². The fraction of sp³-hybridized carbons (Fsp3) is 0.154. The summed E-state index contributed by atoms with van der Waals surface area (Å²) < 4.78 is 93.9. The van der Waals surface area contributed by atoms with Crippen molar-refractivity contribution in [1.82, 2.24) is 4.98 Å². The number of hydrogen-bond donors (Lipinski definition) is 1. The fourth-order valence-electron chi connectivity index (χ4n) is 1.62. The van der Waals surface area contributed by atoms with Crippen molar-refractivity contribution in [1.29, 1.82) is 0 Å². The van der Waals surface area contributed by atoms with Gasteiger partial charge in [0.05, 0.1) is 6.26 Å². The molecule has 130 valence electrons. The van der Waals surface area contributed by atoms with Crippen molar-refractivity contribution in [3.05, 3.63) is 47.7 Å². The second-order valence-electron chi connectivity index (χ2n) is 4.60. The number of aromatic nitrogens is 1. The van der Waals surface area contributed by atoms with Gasteiger partial charge in [0.2, 0.25) is 15.9 Å². The van der Waals surface area contributed by atoms with Crippen molar-refractivity contribution in [2.24, 2.45) is 0 Å². The van der Waals surface area contributed by atoms with Gasteiger partial charge in [-0.25, -0.2) is 22.2 Å². The monoisotopic (exact) mass is 368 g/mol. The van der Waals surface area contributed by atoms with E-state index in [-0.39, 0.29) is 0 Å². The second kappa shape index (κ2) is 6.23. The van der Waals surface area contributed by atoms with Crippen molar-refractivity contribution in [3.8, 4) is 11.6 Å². The number of halogens is 5. The van der Waals surface area contributed by atoms with Crippen molar-refractivity contribution < 1.29 is 35.1 Å². The molecule has 0 aliphatic carbocycles. The van der Waals surface area contributed by atoms with Crippen LogP contribution in [0.25, 0.3) is 0 Å². The molecule has 1 heterocycles. The quantitative estimate of drug-likeness (QED) is 0.839. The Morgan fingerprint density at radius 3 is 2.33 bits per heavy atom. The maximum Gasteiger partial charge on any atom is 0.433 e. The van der Waals surface area contributed by atoms with Gasteiger partial charge in [0.25, 0.3) is 0 Å². The predicted molar refractivity (Wildman–Crippen MR) is 74.1 cm³/mol. The summed E-state index contributed by atoms with van der Waals surface area (Å²) in [7, 11) is -3.86. The molecule has 0 bridgehead atoms. The number of pyridine rings is 1. The van der Waals surface area contributed by atoms with Gasteiger partial charge in [-0.15, -0.1) is 0 Å². The van der Waals surface area contributed by atoms with Crippen molar-refractivity contribution >= 4 is 15.7 Å². The van der Waals surface area contributed by atoms with E-state index in [4.69, 9.17) is 4.74 Å². The smallest absolute Gasteiger partial charge is 0.433 e. The zero-order valence-electron chi connectivity index (χ0n) is 11.9. The van der Waals surface area contributed by atoms with Crippen LogP contribution in [0.2, 0.25) is 0 Å². The van der Waals surface area contributed by atoms with Crippen LogP contribution in [0.1, 0.15) is 5.69 Å². The zero-order valence-corrected chi connectivity index (χ0v) is 12.7. The van der Waals surface area contributed by atoms with Crippen LogP contribution >= 0.6 is 0 Å². The minimum absolute atomic E-state index is 0.436. The number of anilines is 1. The minimum Gasteiger partial charge on any atom is -0.434 e. The van der Waals surface area contributed by atoms with E-state index in [1.807, 2.05) is 4.72 Å². The third-order valence-corrected chi connectivity index (χ3v) is 3.14. The maximum absolute atomic E-state index is 13.6. The first kappa shape index (κ1) is 17.9. The summed E-state index contributed by atoms with van der Waals surface area (Å²) in [6.07, 6.45) is -4.07. The molecule has 5 nitrogen and oxygen atoms in total. The van der Waals surface area contributed by atoms with Crippen molar-refractivity contribution in [3.63, 3.8) is 0 Å². The first-order valence-electron chi connectivity index (χ1n) is 6.14. The molecule has 0 spiro atoms. The summed E-state index contributed by atoms with van der Waals surface area (Å²) in [5, 5.41) is 0. The Morgan fingerprint density at radius 2 is 1.79 bits per heavy atom. The Kier molecular flexibility index (Phi) is 4.65. The van der Waals surface area contributed by atoms with E-state index in [9.17, 15) is 30.4 Å². The zero-order chi connectivity index (χ0) is 18.1. The number of sulfonamides is 1. The Balaban J connectivity index is 2.50. The molecule has 0 fully saturated rings. The van der Waals surface area contributed by atoms with Gasteiger partial charge in [0.1, 0.15) is 17.2 Å². The lowest BCUT2D eigenvalue weighted by Crippen LogP contribution is -2.13. The molecule has 0 radical (unpaired) electrons. The summed E-state index contributed by atoms with van der Waals surface area (Å²) in [6.45, 7) is 0. The molecule has 2 rings (SSSR count). The van der Waals surface area contributed by atoms with Gasteiger partial charge in [-0.05, 0) is 24.3 Å². The number of hydrogen-bond acceptors (Lipinski definition) is 4. The lowest BCUT2D eigenvalue weighted by molar-refractivity contribution is -0.141. The van der Waals surface area contributed by atoms with E-state index in [1.54, 1.807) is 0 Å². The van der Waals surface area contributed by atoms with E-state index in [0.717, 1.165) is 24.5 Å². The molecule has 0 aliphatic rings. The van der Waals surface area contributed by atoms with Crippen LogP contribution in [0, 0.1) is 11.6 Å². The molecule has 1 aromatic carbocycles. The van der Waals surface area contributed by atoms with Crippen molar-refractivity contribution in [2.45, 2.75) is 6.18 Å². The predicted octanol–water partition coefficient (Wildman–Crippen LogP) is 3.54.